The molecule has 0 aliphatic rings. The number of aromatic nitrogens is 2. The van der Waals surface area contributed by atoms with Crippen LogP contribution in [0.5, 0.6) is 0 Å². The Labute approximate surface area is 117 Å². The summed E-state index contributed by atoms with van der Waals surface area (Å²) in [5.74, 6) is -0.396. The monoisotopic (exact) mass is 322 g/mol. The zero-order valence-electron chi connectivity index (χ0n) is 10.1. The summed E-state index contributed by atoms with van der Waals surface area (Å²) in [6, 6.07) is 8.48. The summed E-state index contributed by atoms with van der Waals surface area (Å²) < 4.78 is 1.26. The molecule has 0 aliphatic carbocycles. The van der Waals surface area contributed by atoms with Gasteiger partial charge in [-0.1, -0.05) is 46.3 Å². The molecular formula is C13H11BrN2O3. The van der Waals surface area contributed by atoms with Gasteiger partial charge >= 0.3 is 5.69 Å². The molecule has 98 valence electrons. The average molecular weight is 323 g/mol. The lowest BCUT2D eigenvalue weighted by Gasteiger charge is -2.09. The van der Waals surface area contributed by atoms with E-state index in [1.165, 1.54) is 11.6 Å². The van der Waals surface area contributed by atoms with E-state index in [1.807, 2.05) is 0 Å². The van der Waals surface area contributed by atoms with E-state index in [0.717, 1.165) is 0 Å². The molecule has 0 bridgehead atoms. The van der Waals surface area contributed by atoms with E-state index in [0.29, 0.717) is 11.3 Å². The molecule has 0 amide bonds. The van der Waals surface area contributed by atoms with Crippen molar-refractivity contribution in [3.8, 4) is 0 Å². The van der Waals surface area contributed by atoms with Gasteiger partial charge in [0.05, 0.1) is 0 Å². The number of rotatable bonds is 3. The van der Waals surface area contributed by atoms with Crippen LogP contribution in [0.2, 0.25) is 0 Å². The highest BCUT2D eigenvalue weighted by Crippen LogP contribution is 2.12. The summed E-state index contributed by atoms with van der Waals surface area (Å²) in [4.78, 5) is 37.9. The summed E-state index contributed by atoms with van der Waals surface area (Å²) in [6.07, 6.45) is 0. The first kappa shape index (κ1) is 13.5. The van der Waals surface area contributed by atoms with Crippen LogP contribution in [0.1, 0.15) is 21.6 Å². The van der Waals surface area contributed by atoms with Crippen molar-refractivity contribution in [3.63, 3.8) is 0 Å². The first-order valence-electron chi connectivity index (χ1n) is 5.54. The molecular weight excluding hydrogens is 312 g/mol. The lowest BCUT2D eigenvalue weighted by Crippen LogP contribution is -2.35. The summed E-state index contributed by atoms with van der Waals surface area (Å²) in [7, 11) is 1.51. The number of carbonyl (C=O) groups excluding carboxylic acids is 1. The second-order valence-corrected chi connectivity index (χ2v) is 4.53. The molecule has 1 heterocycles. The molecule has 2 aromatic rings. The minimum absolute atomic E-state index is 0.00910. The highest BCUT2D eigenvalue weighted by molar-refractivity contribution is 9.08. The van der Waals surface area contributed by atoms with Gasteiger partial charge in [-0.2, -0.15) is 0 Å². The fourth-order valence-electron chi connectivity index (χ4n) is 1.79. The van der Waals surface area contributed by atoms with E-state index in [2.05, 4.69) is 20.9 Å². The SMILES string of the molecule is Cn1c(CBr)c(C(=O)c2ccccc2)c(=O)[nH]c1=O. The first-order valence-corrected chi connectivity index (χ1v) is 6.66. The molecule has 1 aromatic heterocycles. The van der Waals surface area contributed by atoms with Gasteiger partial charge in [-0.05, 0) is 0 Å². The summed E-state index contributed by atoms with van der Waals surface area (Å²) in [6.45, 7) is 0. The number of nitrogens with one attached hydrogen (secondary N) is 1. The van der Waals surface area contributed by atoms with Gasteiger partial charge < -0.3 is 0 Å². The van der Waals surface area contributed by atoms with Crippen LogP contribution in [-0.2, 0) is 12.4 Å². The average Bonchev–Trinajstić information content (AvgIpc) is 2.42. The van der Waals surface area contributed by atoms with E-state index in [1.54, 1.807) is 30.3 Å². The van der Waals surface area contributed by atoms with E-state index in [-0.39, 0.29) is 10.9 Å². The Morgan fingerprint density at radius 1 is 1.26 bits per heavy atom. The molecule has 2 rings (SSSR count). The zero-order valence-corrected chi connectivity index (χ0v) is 11.7. The molecule has 0 saturated carbocycles. The summed E-state index contributed by atoms with van der Waals surface area (Å²) in [5.41, 5.74) is -0.433. The van der Waals surface area contributed by atoms with E-state index < -0.39 is 17.0 Å². The van der Waals surface area contributed by atoms with Crippen molar-refractivity contribution in [1.82, 2.24) is 9.55 Å². The van der Waals surface area contributed by atoms with E-state index in [9.17, 15) is 14.4 Å². The van der Waals surface area contributed by atoms with Crippen molar-refractivity contribution in [1.29, 1.82) is 0 Å². The molecule has 0 radical (unpaired) electrons. The lowest BCUT2D eigenvalue weighted by atomic mass is 10.0. The highest BCUT2D eigenvalue weighted by atomic mass is 79.9. The van der Waals surface area contributed by atoms with Gasteiger partial charge in [0.25, 0.3) is 5.56 Å². The maximum atomic E-state index is 12.4. The number of alkyl halides is 1. The summed E-state index contributed by atoms with van der Waals surface area (Å²) >= 11 is 3.20. The Kier molecular flexibility index (Phi) is 3.80. The second-order valence-electron chi connectivity index (χ2n) is 3.97. The molecule has 6 heteroatoms. The van der Waals surface area contributed by atoms with Gasteiger partial charge in [0.2, 0.25) is 0 Å². The normalized spacial score (nSPS) is 10.4. The van der Waals surface area contributed by atoms with Crippen LogP contribution in [-0.4, -0.2) is 15.3 Å². The van der Waals surface area contributed by atoms with Crippen molar-refractivity contribution >= 4 is 21.7 Å². The zero-order chi connectivity index (χ0) is 14.0. The minimum atomic E-state index is -0.661. The third-order valence-corrected chi connectivity index (χ3v) is 3.37. The molecule has 0 aliphatic heterocycles. The van der Waals surface area contributed by atoms with Gasteiger partial charge in [-0.3, -0.25) is 19.1 Å². The van der Waals surface area contributed by atoms with Crippen LogP contribution in [0, 0.1) is 0 Å². The number of aromatic amines is 1. The smallest absolute Gasteiger partial charge is 0.299 e. The Bertz CT molecular complexity index is 732. The third kappa shape index (κ3) is 2.44. The van der Waals surface area contributed by atoms with Gasteiger partial charge in [0, 0.05) is 23.6 Å². The van der Waals surface area contributed by atoms with Crippen molar-refractivity contribution in [2.75, 3.05) is 0 Å². The van der Waals surface area contributed by atoms with Crippen molar-refractivity contribution < 1.29 is 4.79 Å². The number of halogens is 1. The molecule has 0 atom stereocenters. The van der Waals surface area contributed by atoms with E-state index >= 15 is 0 Å². The van der Waals surface area contributed by atoms with Gasteiger partial charge in [-0.25, -0.2) is 4.79 Å². The second kappa shape index (κ2) is 5.36. The first-order chi connectivity index (χ1) is 9.06. The minimum Gasteiger partial charge on any atom is -0.299 e. The number of hydrogen-bond acceptors (Lipinski definition) is 3. The summed E-state index contributed by atoms with van der Waals surface area (Å²) in [5, 5.41) is 0.247. The fourth-order valence-corrected chi connectivity index (χ4v) is 2.45. The topological polar surface area (TPSA) is 71.9 Å². The van der Waals surface area contributed by atoms with E-state index in [4.69, 9.17) is 0 Å². The van der Waals surface area contributed by atoms with Gasteiger partial charge in [0.1, 0.15) is 5.56 Å². The number of benzene rings is 1. The lowest BCUT2D eigenvalue weighted by molar-refractivity contribution is 0.103. The molecule has 0 spiro atoms. The standard InChI is InChI=1S/C13H11BrN2O3/c1-16-9(7-14)10(12(18)15-13(16)19)11(17)8-5-3-2-4-6-8/h2-6H,7H2,1H3,(H,15,18,19). The van der Waals surface area contributed by atoms with Crippen molar-refractivity contribution in [3.05, 3.63) is 68.0 Å². The largest absolute Gasteiger partial charge is 0.328 e. The fraction of sp³-hybridized carbons (Fsp3) is 0.154. The van der Waals surface area contributed by atoms with Crippen LogP contribution < -0.4 is 11.2 Å². The highest BCUT2D eigenvalue weighted by Gasteiger charge is 2.20. The van der Waals surface area contributed by atoms with Crippen LogP contribution in [0.3, 0.4) is 0 Å². The number of H-pyrrole nitrogens is 1. The maximum absolute atomic E-state index is 12.4. The molecule has 1 N–H and O–H groups in total. The Morgan fingerprint density at radius 3 is 2.47 bits per heavy atom. The van der Waals surface area contributed by atoms with Crippen molar-refractivity contribution in [2.24, 2.45) is 7.05 Å². The maximum Gasteiger partial charge on any atom is 0.328 e. The number of carbonyl (C=O) groups is 1. The Hall–Kier alpha value is -1.95. The molecule has 0 unspecified atom stereocenters. The van der Waals surface area contributed by atoms with Crippen LogP contribution in [0.4, 0.5) is 0 Å². The third-order valence-electron chi connectivity index (χ3n) is 2.84. The number of hydrogen-bond donors (Lipinski definition) is 1. The van der Waals surface area contributed by atoms with Crippen LogP contribution >= 0.6 is 15.9 Å². The predicted octanol–water partition coefficient (Wildman–Crippen LogP) is 1.20. The van der Waals surface area contributed by atoms with Crippen LogP contribution in [0.25, 0.3) is 0 Å². The Balaban J connectivity index is 2.70. The van der Waals surface area contributed by atoms with Crippen LogP contribution in [0.15, 0.2) is 39.9 Å². The molecule has 0 fully saturated rings. The van der Waals surface area contributed by atoms with Gasteiger partial charge in [-0.15, -0.1) is 0 Å². The number of ketones is 1. The van der Waals surface area contributed by atoms with Crippen molar-refractivity contribution in [2.45, 2.75) is 5.33 Å². The molecule has 0 saturated heterocycles. The molecule has 1 aromatic carbocycles. The van der Waals surface area contributed by atoms with Gasteiger partial charge in [0.15, 0.2) is 5.78 Å². The Morgan fingerprint density at radius 2 is 1.89 bits per heavy atom. The molecule has 19 heavy (non-hydrogen) atoms. The quantitative estimate of drug-likeness (QED) is 0.681. The number of nitrogens with zero attached hydrogens (tertiary/aromatic N) is 1. The molecule has 5 nitrogen and oxygen atoms in total. The predicted molar refractivity (Wildman–Crippen MR) is 74.8 cm³/mol.